The minimum atomic E-state index is -3.78. The van der Waals surface area contributed by atoms with E-state index in [0.717, 1.165) is 24.8 Å². The quantitative estimate of drug-likeness (QED) is 0.802. The summed E-state index contributed by atoms with van der Waals surface area (Å²) < 4.78 is 40.7. The Bertz CT molecular complexity index is 1040. The molecule has 29 heavy (non-hydrogen) atoms. The zero-order valence-corrected chi connectivity index (χ0v) is 17.4. The number of rotatable bonds is 5. The number of amides is 1. The third-order valence-corrected chi connectivity index (χ3v) is 7.06. The van der Waals surface area contributed by atoms with Crippen molar-refractivity contribution in [1.82, 2.24) is 14.2 Å². The summed E-state index contributed by atoms with van der Waals surface area (Å²) >= 11 is 0. The molecule has 0 unspecified atom stereocenters. The van der Waals surface area contributed by atoms with E-state index in [4.69, 9.17) is 9.47 Å². The third kappa shape index (κ3) is 3.84. The van der Waals surface area contributed by atoms with E-state index in [1.54, 1.807) is 41.6 Å². The normalized spacial score (nSPS) is 16.3. The van der Waals surface area contributed by atoms with Crippen molar-refractivity contribution in [2.24, 2.45) is 7.05 Å². The average Bonchev–Trinajstić information content (AvgIpc) is 3.31. The number of carbonyl (C=O) groups is 1. The summed E-state index contributed by atoms with van der Waals surface area (Å²) in [6, 6.07) is 6.79. The van der Waals surface area contributed by atoms with Gasteiger partial charge in [0.1, 0.15) is 10.6 Å². The van der Waals surface area contributed by atoms with Gasteiger partial charge in [0.05, 0.1) is 0 Å². The summed E-state index contributed by atoms with van der Waals surface area (Å²) in [7, 11) is -2.06. The smallest absolute Gasteiger partial charge is 0.270 e. The van der Waals surface area contributed by atoms with Crippen molar-refractivity contribution in [2.45, 2.75) is 37.6 Å². The Morgan fingerprint density at radius 1 is 1.10 bits per heavy atom. The van der Waals surface area contributed by atoms with Crippen LogP contribution in [-0.4, -0.2) is 43.7 Å². The molecule has 1 N–H and O–H groups in total. The molecular formula is C20H25N3O5S. The summed E-state index contributed by atoms with van der Waals surface area (Å²) in [6.07, 6.45) is 3.09. The Balaban J connectivity index is 1.53. The molecule has 2 aliphatic rings. The monoisotopic (exact) mass is 419 g/mol. The van der Waals surface area contributed by atoms with Crippen molar-refractivity contribution in [2.75, 3.05) is 19.9 Å². The fourth-order valence-electron chi connectivity index (χ4n) is 3.71. The number of fused-ring (bicyclic) bond motifs is 1. The number of sulfonamides is 1. The summed E-state index contributed by atoms with van der Waals surface area (Å²) in [5, 5.41) is 0. The van der Waals surface area contributed by atoms with E-state index in [0.29, 0.717) is 36.0 Å². The number of nitrogens with one attached hydrogen (secondary N) is 1. The minimum Gasteiger partial charge on any atom is -0.454 e. The summed E-state index contributed by atoms with van der Waals surface area (Å²) in [4.78, 5) is 14.8. The van der Waals surface area contributed by atoms with E-state index in [2.05, 4.69) is 4.72 Å². The maximum atomic E-state index is 12.9. The molecule has 0 radical (unpaired) electrons. The van der Waals surface area contributed by atoms with E-state index < -0.39 is 10.0 Å². The molecule has 2 aromatic rings. The number of nitrogens with zero attached hydrogens (tertiary/aromatic N) is 2. The molecule has 3 heterocycles. The number of hydrogen-bond acceptors (Lipinski definition) is 5. The Kier molecular flexibility index (Phi) is 5.26. The molecule has 0 saturated carbocycles. The van der Waals surface area contributed by atoms with Crippen molar-refractivity contribution in [3.63, 3.8) is 0 Å². The van der Waals surface area contributed by atoms with E-state index in [-0.39, 0.29) is 24.1 Å². The molecule has 0 atom stereocenters. The van der Waals surface area contributed by atoms with Crippen molar-refractivity contribution in [3.8, 4) is 11.5 Å². The van der Waals surface area contributed by atoms with Crippen molar-refractivity contribution >= 4 is 15.9 Å². The second-order valence-electron chi connectivity index (χ2n) is 7.40. The van der Waals surface area contributed by atoms with Crippen molar-refractivity contribution < 1.29 is 22.7 Å². The molecular weight excluding hydrogens is 394 g/mol. The van der Waals surface area contributed by atoms with Crippen molar-refractivity contribution in [1.29, 1.82) is 0 Å². The second-order valence-corrected chi connectivity index (χ2v) is 9.14. The van der Waals surface area contributed by atoms with Gasteiger partial charge in [0.2, 0.25) is 16.8 Å². The molecule has 156 valence electrons. The van der Waals surface area contributed by atoms with Crippen LogP contribution in [0.3, 0.4) is 0 Å². The zero-order chi connectivity index (χ0) is 20.6. The number of likely N-dealkylation sites (tertiary alicyclic amines) is 1. The predicted octanol–water partition coefficient (Wildman–Crippen LogP) is 2.17. The first-order valence-corrected chi connectivity index (χ1v) is 11.2. The van der Waals surface area contributed by atoms with Crippen LogP contribution in [0.5, 0.6) is 11.5 Å². The number of carbonyl (C=O) groups excluding carboxylic acids is 1. The van der Waals surface area contributed by atoms with Gasteiger partial charge in [-0.2, -0.15) is 0 Å². The number of aromatic nitrogens is 1. The standard InChI is InChI=1S/C20H25N3O5S/c1-14-19(11-16(22(14)2)20(24)23-8-4-3-5-9-23)29(25,26)21-12-15-6-7-17-18(10-15)28-13-27-17/h6-7,10-11,21H,3-5,8-9,12-13H2,1-2H3. The molecule has 2 aliphatic heterocycles. The van der Waals surface area contributed by atoms with E-state index in [1.165, 1.54) is 6.07 Å². The molecule has 8 nitrogen and oxygen atoms in total. The number of hydrogen-bond donors (Lipinski definition) is 1. The lowest BCUT2D eigenvalue weighted by Crippen LogP contribution is -2.36. The molecule has 9 heteroatoms. The number of ether oxygens (including phenoxy) is 2. The van der Waals surface area contributed by atoms with Gasteiger partial charge in [-0.3, -0.25) is 4.79 Å². The lowest BCUT2D eigenvalue weighted by Gasteiger charge is -2.26. The molecule has 0 bridgehead atoms. The van der Waals surface area contributed by atoms with Gasteiger partial charge in [-0.05, 0) is 49.9 Å². The van der Waals surface area contributed by atoms with Crippen LogP contribution in [0, 0.1) is 6.92 Å². The summed E-state index contributed by atoms with van der Waals surface area (Å²) in [5.74, 6) is 1.14. The van der Waals surface area contributed by atoms with Gasteiger partial charge in [0.15, 0.2) is 11.5 Å². The molecule has 0 aliphatic carbocycles. The van der Waals surface area contributed by atoms with Gasteiger partial charge in [-0.15, -0.1) is 0 Å². The summed E-state index contributed by atoms with van der Waals surface area (Å²) in [6.45, 7) is 3.42. The molecule has 1 fully saturated rings. The van der Waals surface area contributed by atoms with Gasteiger partial charge in [-0.25, -0.2) is 13.1 Å². The topological polar surface area (TPSA) is 89.9 Å². The first-order chi connectivity index (χ1) is 13.9. The van der Waals surface area contributed by atoms with Gasteiger partial charge >= 0.3 is 0 Å². The van der Waals surface area contributed by atoms with Gasteiger partial charge in [0, 0.05) is 32.4 Å². The maximum absolute atomic E-state index is 12.9. The highest BCUT2D eigenvalue weighted by Gasteiger charge is 2.27. The van der Waals surface area contributed by atoms with E-state index in [1.807, 2.05) is 0 Å². The second kappa shape index (κ2) is 7.72. The van der Waals surface area contributed by atoms with Crippen LogP contribution >= 0.6 is 0 Å². The highest BCUT2D eigenvalue weighted by Crippen LogP contribution is 2.32. The maximum Gasteiger partial charge on any atom is 0.270 e. The average molecular weight is 420 g/mol. The zero-order valence-electron chi connectivity index (χ0n) is 16.6. The lowest BCUT2D eigenvalue weighted by atomic mass is 10.1. The molecule has 1 amide bonds. The fourth-order valence-corrected chi connectivity index (χ4v) is 5.02. The lowest BCUT2D eigenvalue weighted by molar-refractivity contribution is 0.0714. The van der Waals surface area contributed by atoms with Gasteiger partial charge in [-0.1, -0.05) is 6.07 Å². The van der Waals surface area contributed by atoms with Crippen LogP contribution in [0.1, 0.15) is 41.0 Å². The SMILES string of the molecule is Cc1c(S(=O)(=O)NCc2ccc3c(c2)OCO3)cc(C(=O)N2CCCCC2)n1C. The Labute approximate surface area is 170 Å². The number of piperidine rings is 1. The first kappa shape index (κ1) is 19.8. The predicted molar refractivity (Wildman–Crippen MR) is 106 cm³/mol. The molecule has 0 spiro atoms. The Morgan fingerprint density at radius 3 is 2.59 bits per heavy atom. The van der Waals surface area contributed by atoms with Crippen LogP contribution < -0.4 is 14.2 Å². The third-order valence-electron chi connectivity index (χ3n) is 5.54. The first-order valence-electron chi connectivity index (χ1n) is 9.70. The molecule has 1 aromatic heterocycles. The number of benzene rings is 1. The highest BCUT2D eigenvalue weighted by atomic mass is 32.2. The van der Waals surface area contributed by atoms with Crippen LogP contribution in [0.15, 0.2) is 29.2 Å². The van der Waals surface area contributed by atoms with Gasteiger partial charge < -0.3 is 18.9 Å². The molecule has 1 saturated heterocycles. The van der Waals surface area contributed by atoms with Crippen LogP contribution in [0.2, 0.25) is 0 Å². The highest BCUT2D eigenvalue weighted by molar-refractivity contribution is 7.89. The Hall–Kier alpha value is -2.52. The van der Waals surface area contributed by atoms with Crippen LogP contribution in [-0.2, 0) is 23.6 Å². The van der Waals surface area contributed by atoms with Crippen LogP contribution in [0.25, 0.3) is 0 Å². The molecule has 1 aromatic carbocycles. The summed E-state index contributed by atoms with van der Waals surface area (Å²) in [5.41, 5.74) is 1.69. The van der Waals surface area contributed by atoms with E-state index >= 15 is 0 Å². The van der Waals surface area contributed by atoms with Crippen LogP contribution in [0.4, 0.5) is 0 Å². The molecule has 4 rings (SSSR count). The minimum absolute atomic E-state index is 0.114. The van der Waals surface area contributed by atoms with E-state index in [9.17, 15) is 13.2 Å². The largest absolute Gasteiger partial charge is 0.454 e. The van der Waals surface area contributed by atoms with Crippen molar-refractivity contribution in [3.05, 3.63) is 41.2 Å². The fraction of sp³-hybridized carbons (Fsp3) is 0.450. The van der Waals surface area contributed by atoms with Gasteiger partial charge in [0.25, 0.3) is 5.91 Å². The Morgan fingerprint density at radius 2 is 1.83 bits per heavy atom.